The largest absolute Gasteiger partial charge is 0.307 e. The number of pyridine rings is 1. The molecule has 0 fully saturated rings. The SMILES string of the molecule is Cc1cc(C(=O)Nc2[nH]ncc2C)c2ccccc2n1. The van der Waals surface area contributed by atoms with Crippen molar-refractivity contribution in [3.63, 3.8) is 0 Å². The fourth-order valence-electron chi connectivity index (χ4n) is 2.15. The number of carbonyl (C=O) groups is 1. The Hall–Kier alpha value is -2.69. The quantitative estimate of drug-likeness (QED) is 0.749. The molecule has 0 aliphatic carbocycles. The van der Waals surface area contributed by atoms with Crippen molar-refractivity contribution in [3.05, 3.63) is 53.3 Å². The number of fused-ring (bicyclic) bond motifs is 1. The van der Waals surface area contributed by atoms with Crippen LogP contribution in [0.25, 0.3) is 10.9 Å². The maximum atomic E-state index is 12.4. The Morgan fingerprint density at radius 3 is 2.80 bits per heavy atom. The number of hydrogen-bond donors (Lipinski definition) is 2. The Labute approximate surface area is 116 Å². The number of nitrogens with one attached hydrogen (secondary N) is 2. The molecule has 0 atom stereocenters. The van der Waals surface area contributed by atoms with Crippen molar-refractivity contribution in [1.82, 2.24) is 15.2 Å². The monoisotopic (exact) mass is 266 g/mol. The molecule has 0 aliphatic rings. The normalized spacial score (nSPS) is 10.7. The standard InChI is InChI=1S/C15H14N4O/c1-9-8-16-19-14(9)18-15(20)12-7-10(2)17-13-6-4-3-5-11(12)13/h3-8H,1-2H3,(H2,16,18,19,20). The number of rotatable bonds is 2. The average Bonchev–Trinajstić information content (AvgIpc) is 2.83. The van der Waals surface area contributed by atoms with Crippen LogP contribution in [0.1, 0.15) is 21.6 Å². The van der Waals surface area contributed by atoms with E-state index in [9.17, 15) is 4.79 Å². The molecule has 0 saturated heterocycles. The van der Waals surface area contributed by atoms with E-state index in [1.54, 1.807) is 12.3 Å². The van der Waals surface area contributed by atoms with Crippen LogP contribution in [0.3, 0.4) is 0 Å². The minimum atomic E-state index is -0.168. The fourth-order valence-corrected chi connectivity index (χ4v) is 2.15. The molecule has 0 radical (unpaired) electrons. The van der Waals surface area contributed by atoms with Crippen LogP contribution in [0, 0.1) is 13.8 Å². The highest BCUT2D eigenvalue weighted by Gasteiger charge is 2.13. The van der Waals surface area contributed by atoms with Gasteiger partial charge in [0.15, 0.2) is 0 Å². The molecule has 3 aromatic rings. The van der Waals surface area contributed by atoms with Crippen LogP contribution in [-0.2, 0) is 0 Å². The number of para-hydroxylation sites is 1. The number of amides is 1. The maximum Gasteiger partial charge on any atom is 0.257 e. The first-order valence-corrected chi connectivity index (χ1v) is 6.33. The summed E-state index contributed by atoms with van der Waals surface area (Å²) in [6.07, 6.45) is 1.67. The highest BCUT2D eigenvalue weighted by molar-refractivity contribution is 6.12. The van der Waals surface area contributed by atoms with Crippen molar-refractivity contribution in [3.8, 4) is 0 Å². The van der Waals surface area contributed by atoms with Crippen molar-refractivity contribution in [2.24, 2.45) is 0 Å². The highest BCUT2D eigenvalue weighted by atomic mass is 16.1. The van der Waals surface area contributed by atoms with Crippen LogP contribution < -0.4 is 5.32 Å². The van der Waals surface area contributed by atoms with E-state index in [1.165, 1.54) is 0 Å². The van der Waals surface area contributed by atoms with Crippen LogP contribution in [0.15, 0.2) is 36.5 Å². The third-order valence-electron chi connectivity index (χ3n) is 3.16. The van der Waals surface area contributed by atoms with E-state index in [-0.39, 0.29) is 5.91 Å². The zero-order valence-corrected chi connectivity index (χ0v) is 11.3. The summed E-state index contributed by atoms with van der Waals surface area (Å²) in [5.41, 5.74) is 3.14. The van der Waals surface area contributed by atoms with E-state index < -0.39 is 0 Å². The molecule has 100 valence electrons. The van der Waals surface area contributed by atoms with Gasteiger partial charge in [0.1, 0.15) is 5.82 Å². The maximum absolute atomic E-state index is 12.4. The zero-order valence-electron chi connectivity index (χ0n) is 11.3. The Balaban J connectivity index is 2.05. The highest BCUT2D eigenvalue weighted by Crippen LogP contribution is 2.20. The van der Waals surface area contributed by atoms with Crippen molar-refractivity contribution in [2.75, 3.05) is 5.32 Å². The molecule has 2 heterocycles. The summed E-state index contributed by atoms with van der Waals surface area (Å²) in [6, 6.07) is 9.41. The van der Waals surface area contributed by atoms with Crippen molar-refractivity contribution in [2.45, 2.75) is 13.8 Å². The molecular formula is C15H14N4O. The Morgan fingerprint density at radius 1 is 1.25 bits per heavy atom. The molecule has 5 nitrogen and oxygen atoms in total. The van der Waals surface area contributed by atoms with Gasteiger partial charge in [-0.15, -0.1) is 0 Å². The number of nitrogens with zero attached hydrogens (tertiary/aromatic N) is 2. The van der Waals surface area contributed by atoms with Gasteiger partial charge in [-0.05, 0) is 26.0 Å². The average molecular weight is 266 g/mol. The molecule has 1 amide bonds. The second-order valence-electron chi connectivity index (χ2n) is 4.71. The predicted octanol–water partition coefficient (Wildman–Crippen LogP) is 2.83. The molecule has 1 aromatic carbocycles. The van der Waals surface area contributed by atoms with Gasteiger partial charge in [0, 0.05) is 16.6 Å². The van der Waals surface area contributed by atoms with Gasteiger partial charge in [-0.25, -0.2) is 0 Å². The van der Waals surface area contributed by atoms with Gasteiger partial charge in [-0.1, -0.05) is 18.2 Å². The van der Waals surface area contributed by atoms with Crippen molar-refractivity contribution in [1.29, 1.82) is 0 Å². The number of carbonyl (C=O) groups excluding carboxylic acids is 1. The first-order valence-electron chi connectivity index (χ1n) is 6.33. The summed E-state index contributed by atoms with van der Waals surface area (Å²) < 4.78 is 0. The van der Waals surface area contributed by atoms with E-state index in [0.717, 1.165) is 22.2 Å². The van der Waals surface area contributed by atoms with E-state index in [2.05, 4.69) is 20.5 Å². The molecule has 0 unspecified atom stereocenters. The minimum Gasteiger partial charge on any atom is -0.307 e. The molecule has 5 heteroatoms. The first-order chi connectivity index (χ1) is 9.65. The first kappa shape index (κ1) is 12.3. The van der Waals surface area contributed by atoms with E-state index in [0.29, 0.717) is 11.4 Å². The lowest BCUT2D eigenvalue weighted by Gasteiger charge is -2.08. The zero-order chi connectivity index (χ0) is 14.1. The Morgan fingerprint density at radius 2 is 2.05 bits per heavy atom. The summed E-state index contributed by atoms with van der Waals surface area (Å²) in [5, 5.41) is 10.3. The molecule has 0 aliphatic heterocycles. The van der Waals surface area contributed by atoms with E-state index >= 15 is 0 Å². The summed E-state index contributed by atoms with van der Waals surface area (Å²) in [5.74, 6) is 0.451. The molecule has 0 saturated carbocycles. The van der Waals surface area contributed by atoms with Gasteiger partial charge in [-0.2, -0.15) is 5.10 Å². The predicted molar refractivity (Wildman–Crippen MR) is 77.8 cm³/mol. The van der Waals surface area contributed by atoms with E-state index in [4.69, 9.17) is 0 Å². The summed E-state index contributed by atoms with van der Waals surface area (Å²) >= 11 is 0. The Kier molecular flexibility index (Phi) is 2.95. The number of benzene rings is 1. The molecule has 20 heavy (non-hydrogen) atoms. The molecular weight excluding hydrogens is 252 g/mol. The third kappa shape index (κ3) is 2.14. The Bertz CT molecular complexity index is 791. The van der Waals surface area contributed by atoms with Crippen LogP contribution in [0.5, 0.6) is 0 Å². The number of aromatic amines is 1. The molecule has 0 spiro atoms. The van der Waals surface area contributed by atoms with E-state index in [1.807, 2.05) is 38.1 Å². The van der Waals surface area contributed by atoms with Crippen LogP contribution >= 0.6 is 0 Å². The lowest BCUT2D eigenvalue weighted by Crippen LogP contribution is -2.14. The smallest absolute Gasteiger partial charge is 0.257 e. The second kappa shape index (κ2) is 4.77. The molecule has 2 aromatic heterocycles. The van der Waals surface area contributed by atoms with Crippen LogP contribution in [-0.4, -0.2) is 21.1 Å². The lowest BCUT2D eigenvalue weighted by atomic mass is 10.1. The summed E-state index contributed by atoms with van der Waals surface area (Å²) in [4.78, 5) is 16.9. The summed E-state index contributed by atoms with van der Waals surface area (Å²) in [6.45, 7) is 3.76. The van der Waals surface area contributed by atoms with Gasteiger partial charge in [0.25, 0.3) is 5.91 Å². The van der Waals surface area contributed by atoms with Crippen molar-refractivity contribution < 1.29 is 4.79 Å². The van der Waals surface area contributed by atoms with Gasteiger partial charge in [-0.3, -0.25) is 14.9 Å². The lowest BCUT2D eigenvalue weighted by molar-refractivity contribution is 0.102. The number of aromatic nitrogens is 3. The summed E-state index contributed by atoms with van der Waals surface area (Å²) in [7, 11) is 0. The number of anilines is 1. The fraction of sp³-hybridized carbons (Fsp3) is 0.133. The topological polar surface area (TPSA) is 70.7 Å². The van der Waals surface area contributed by atoms with Gasteiger partial charge >= 0.3 is 0 Å². The molecule has 2 N–H and O–H groups in total. The van der Waals surface area contributed by atoms with Crippen LogP contribution in [0.4, 0.5) is 5.82 Å². The molecule has 3 rings (SSSR count). The van der Waals surface area contributed by atoms with Gasteiger partial charge in [0.2, 0.25) is 0 Å². The van der Waals surface area contributed by atoms with Gasteiger partial charge in [0.05, 0.1) is 17.3 Å². The second-order valence-corrected chi connectivity index (χ2v) is 4.71. The number of hydrogen-bond acceptors (Lipinski definition) is 3. The third-order valence-corrected chi connectivity index (χ3v) is 3.16. The van der Waals surface area contributed by atoms with Crippen LogP contribution in [0.2, 0.25) is 0 Å². The minimum absolute atomic E-state index is 0.168. The number of aryl methyl sites for hydroxylation is 2. The molecule has 0 bridgehead atoms. The van der Waals surface area contributed by atoms with Gasteiger partial charge < -0.3 is 5.32 Å². The van der Waals surface area contributed by atoms with Crippen molar-refractivity contribution >= 4 is 22.6 Å². The number of H-pyrrole nitrogens is 1.